The Morgan fingerprint density at radius 3 is 1.91 bits per heavy atom. The lowest BCUT2D eigenvalue weighted by atomic mass is 10.3. The van der Waals surface area contributed by atoms with E-state index in [-0.39, 0.29) is 11.8 Å². The molecule has 0 aliphatic rings. The molecule has 128 valence electrons. The molecule has 4 nitrogen and oxygen atoms in total. The molecule has 1 rings (SSSR count). The fraction of sp³-hybridized carbons (Fsp3) is 0.368. The summed E-state index contributed by atoms with van der Waals surface area (Å²) in [4.78, 5) is 21.1. The molecule has 23 heavy (non-hydrogen) atoms. The number of anilines is 1. The highest BCUT2D eigenvalue weighted by molar-refractivity contribution is 5.98. The van der Waals surface area contributed by atoms with Gasteiger partial charge in [0.1, 0.15) is 0 Å². The van der Waals surface area contributed by atoms with Crippen LogP contribution in [-0.2, 0) is 9.59 Å². The van der Waals surface area contributed by atoms with E-state index in [2.05, 4.69) is 44.6 Å². The van der Waals surface area contributed by atoms with Gasteiger partial charge in [-0.2, -0.15) is 0 Å². The van der Waals surface area contributed by atoms with Crippen molar-refractivity contribution in [1.29, 1.82) is 0 Å². The van der Waals surface area contributed by atoms with Crippen LogP contribution in [0.5, 0.6) is 0 Å². The molecule has 0 spiro atoms. The summed E-state index contributed by atoms with van der Waals surface area (Å²) in [6.07, 6.45) is 3.49. The minimum atomic E-state index is -0.184. The van der Waals surface area contributed by atoms with E-state index in [1.807, 2.05) is 37.3 Å². The van der Waals surface area contributed by atoms with Gasteiger partial charge in [-0.25, -0.2) is 0 Å². The number of hydrogen-bond donors (Lipinski definition) is 2. The molecular formula is C19H30N2O2. The summed E-state index contributed by atoms with van der Waals surface area (Å²) in [6, 6.07) is 9.25. The van der Waals surface area contributed by atoms with Crippen molar-refractivity contribution in [3.63, 3.8) is 0 Å². The maximum Gasteiger partial charge on any atom is 0.247 e. The Morgan fingerprint density at radius 1 is 1.04 bits per heavy atom. The third-order valence-electron chi connectivity index (χ3n) is 1.96. The van der Waals surface area contributed by atoms with Crippen molar-refractivity contribution in [1.82, 2.24) is 5.32 Å². The van der Waals surface area contributed by atoms with E-state index in [1.165, 1.54) is 12.2 Å². The highest BCUT2D eigenvalue weighted by Gasteiger charge is 1.92. The molecule has 0 aromatic heterocycles. The summed E-state index contributed by atoms with van der Waals surface area (Å²) in [5.74, 6) is 0.558. The number of carbonyl (C=O) groups is 2. The molecule has 1 aromatic rings. The first-order chi connectivity index (χ1) is 10.9. The molecule has 2 N–H and O–H groups in total. The number of amides is 2. The quantitative estimate of drug-likeness (QED) is 0.800. The zero-order chi connectivity index (χ0) is 18.1. The molecule has 0 aliphatic carbocycles. The van der Waals surface area contributed by atoms with Crippen molar-refractivity contribution in [3.05, 3.63) is 55.6 Å². The summed E-state index contributed by atoms with van der Waals surface area (Å²) in [7, 11) is 0. The summed E-state index contributed by atoms with van der Waals surface area (Å²) in [6.45, 7) is 15.9. The molecule has 0 bridgehead atoms. The zero-order valence-electron chi connectivity index (χ0n) is 14.8. The zero-order valence-corrected chi connectivity index (χ0v) is 14.8. The predicted octanol–water partition coefficient (Wildman–Crippen LogP) is 4.17. The first kappa shape index (κ1) is 22.9. The first-order valence-electron chi connectivity index (χ1n) is 7.76. The largest absolute Gasteiger partial charge is 0.353 e. The van der Waals surface area contributed by atoms with Gasteiger partial charge in [-0.1, -0.05) is 59.1 Å². The summed E-state index contributed by atoms with van der Waals surface area (Å²) in [5, 5.41) is 5.26. The molecule has 0 fully saturated rings. The van der Waals surface area contributed by atoms with Crippen molar-refractivity contribution in [2.45, 2.75) is 34.1 Å². The fourth-order valence-corrected chi connectivity index (χ4v) is 1.04. The van der Waals surface area contributed by atoms with Crippen LogP contribution in [0.4, 0.5) is 5.69 Å². The van der Waals surface area contributed by atoms with Crippen molar-refractivity contribution < 1.29 is 9.59 Å². The molecule has 0 radical (unpaired) electrons. The third kappa shape index (κ3) is 19.6. The van der Waals surface area contributed by atoms with Crippen molar-refractivity contribution in [3.8, 4) is 0 Å². The van der Waals surface area contributed by atoms with E-state index in [9.17, 15) is 9.59 Å². The molecule has 0 unspecified atom stereocenters. The van der Waals surface area contributed by atoms with Gasteiger partial charge in [0.2, 0.25) is 11.8 Å². The molecular weight excluding hydrogens is 288 g/mol. The van der Waals surface area contributed by atoms with Gasteiger partial charge in [-0.15, -0.1) is 0 Å². The van der Waals surface area contributed by atoms with Crippen LogP contribution in [0.2, 0.25) is 0 Å². The van der Waals surface area contributed by atoms with Crippen LogP contribution in [0.15, 0.2) is 55.6 Å². The van der Waals surface area contributed by atoms with E-state index in [1.54, 1.807) is 0 Å². The Kier molecular flexibility index (Phi) is 16.0. The normalized spacial score (nSPS) is 8.57. The lowest BCUT2D eigenvalue weighted by Gasteiger charge is -1.98. The van der Waals surface area contributed by atoms with Crippen molar-refractivity contribution in [2.75, 3.05) is 11.9 Å². The molecule has 0 saturated heterocycles. The minimum absolute atomic E-state index is 0.0909. The maximum atomic E-state index is 10.8. The number of nitrogens with one attached hydrogen (secondary N) is 2. The van der Waals surface area contributed by atoms with Crippen LogP contribution in [-0.4, -0.2) is 18.4 Å². The second-order valence-corrected chi connectivity index (χ2v) is 5.29. The Hall–Kier alpha value is -2.36. The molecule has 0 saturated carbocycles. The van der Waals surface area contributed by atoms with Gasteiger partial charge in [0.05, 0.1) is 0 Å². The smallest absolute Gasteiger partial charge is 0.247 e. The molecule has 2 amide bonds. The average molecular weight is 318 g/mol. The van der Waals surface area contributed by atoms with E-state index in [4.69, 9.17) is 0 Å². The number of hydrogen-bond acceptors (Lipinski definition) is 2. The topological polar surface area (TPSA) is 58.2 Å². The predicted molar refractivity (Wildman–Crippen MR) is 99.3 cm³/mol. The maximum absolute atomic E-state index is 10.8. The van der Waals surface area contributed by atoms with Gasteiger partial charge in [-0.05, 0) is 36.6 Å². The highest BCUT2D eigenvalue weighted by atomic mass is 16.2. The number of para-hydroxylation sites is 1. The van der Waals surface area contributed by atoms with E-state index >= 15 is 0 Å². The van der Waals surface area contributed by atoms with Crippen molar-refractivity contribution >= 4 is 17.5 Å². The lowest BCUT2D eigenvalue weighted by Crippen LogP contribution is -2.20. The van der Waals surface area contributed by atoms with Crippen LogP contribution >= 0.6 is 0 Å². The first-order valence-corrected chi connectivity index (χ1v) is 7.76. The van der Waals surface area contributed by atoms with E-state index < -0.39 is 0 Å². The standard InChI is InChI=1S/C9H9NO.C6H11NO.C4H10/c1-2-9(11)10-8-6-4-3-5-7-8;1-3-5-7-6(8)4-2;1-4(2)3/h2-7H,1H2,(H,10,11);4H,2-3,5H2,1H3,(H,7,8);4H,1-3H3. The third-order valence-corrected chi connectivity index (χ3v) is 1.96. The molecule has 4 heteroatoms. The number of benzene rings is 1. The van der Waals surface area contributed by atoms with Gasteiger partial charge in [0.15, 0.2) is 0 Å². The number of rotatable bonds is 5. The van der Waals surface area contributed by atoms with E-state index in [0.717, 1.165) is 24.6 Å². The SMILES string of the molecule is C=CC(=O)NCCC.C=CC(=O)Nc1ccccc1.CC(C)C. The lowest BCUT2D eigenvalue weighted by molar-refractivity contribution is -0.116. The fourth-order valence-electron chi connectivity index (χ4n) is 1.04. The molecule has 0 atom stereocenters. The van der Waals surface area contributed by atoms with Crippen LogP contribution in [0.3, 0.4) is 0 Å². The van der Waals surface area contributed by atoms with Gasteiger partial charge in [0, 0.05) is 12.2 Å². The average Bonchev–Trinajstić information content (AvgIpc) is 2.53. The second-order valence-electron chi connectivity index (χ2n) is 5.29. The van der Waals surface area contributed by atoms with Gasteiger partial charge < -0.3 is 10.6 Å². The van der Waals surface area contributed by atoms with Gasteiger partial charge in [-0.3, -0.25) is 9.59 Å². The van der Waals surface area contributed by atoms with Gasteiger partial charge in [0.25, 0.3) is 0 Å². The van der Waals surface area contributed by atoms with E-state index in [0.29, 0.717) is 0 Å². The van der Waals surface area contributed by atoms with Crippen LogP contribution in [0.25, 0.3) is 0 Å². The van der Waals surface area contributed by atoms with Crippen LogP contribution in [0.1, 0.15) is 34.1 Å². The Labute approximate surface area is 140 Å². The minimum Gasteiger partial charge on any atom is -0.353 e. The molecule has 0 heterocycles. The second kappa shape index (κ2) is 16.0. The Morgan fingerprint density at radius 2 is 1.52 bits per heavy atom. The Bertz CT molecular complexity index is 451. The summed E-state index contributed by atoms with van der Waals surface area (Å²) >= 11 is 0. The Balaban J connectivity index is 0. The van der Waals surface area contributed by atoms with Crippen LogP contribution in [0, 0.1) is 5.92 Å². The van der Waals surface area contributed by atoms with Crippen LogP contribution < -0.4 is 10.6 Å². The molecule has 0 aliphatic heterocycles. The summed E-state index contributed by atoms with van der Waals surface area (Å²) < 4.78 is 0. The highest BCUT2D eigenvalue weighted by Crippen LogP contribution is 2.03. The monoisotopic (exact) mass is 318 g/mol. The van der Waals surface area contributed by atoms with Gasteiger partial charge >= 0.3 is 0 Å². The summed E-state index contributed by atoms with van der Waals surface area (Å²) in [5.41, 5.74) is 0.789. The van der Waals surface area contributed by atoms with Crippen molar-refractivity contribution in [2.24, 2.45) is 5.92 Å². The molecule has 1 aromatic carbocycles. The number of carbonyl (C=O) groups excluding carboxylic acids is 2.